The molecule has 0 bridgehead atoms. The molecule has 0 unspecified atom stereocenters. The number of halogens is 2. The number of carbonyl (C=O) groups is 3. The smallest absolute Gasteiger partial charge is 0.335 e. The van der Waals surface area contributed by atoms with Crippen LogP contribution in [-0.4, -0.2) is 25.0 Å². The molecule has 9 heteroatoms. The third kappa shape index (κ3) is 5.17. The molecule has 4 amide bonds. The Morgan fingerprint density at radius 1 is 1.06 bits per heavy atom. The van der Waals surface area contributed by atoms with Crippen molar-refractivity contribution in [3.63, 3.8) is 0 Å². The Morgan fingerprint density at radius 3 is 2.54 bits per heavy atom. The predicted octanol–water partition coefficient (Wildman–Crippen LogP) is 5.04. The molecule has 1 aliphatic heterocycles. The van der Waals surface area contributed by atoms with Gasteiger partial charge in [0.1, 0.15) is 18.0 Å². The van der Waals surface area contributed by atoms with Gasteiger partial charge in [0.2, 0.25) is 0 Å². The summed E-state index contributed by atoms with van der Waals surface area (Å²) in [5.41, 5.74) is 1.90. The van der Waals surface area contributed by atoms with Crippen molar-refractivity contribution in [2.75, 3.05) is 12.0 Å². The van der Waals surface area contributed by atoms with E-state index in [0.717, 1.165) is 10.5 Å². The fourth-order valence-electron chi connectivity index (χ4n) is 3.57. The van der Waals surface area contributed by atoms with Crippen LogP contribution in [0, 0.1) is 12.7 Å². The molecule has 35 heavy (non-hydrogen) atoms. The van der Waals surface area contributed by atoms with Crippen LogP contribution in [0.1, 0.15) is 16.7 Å². The lowest BCUT2D eigenvalue weighted by Gasteiger charge is -2.26. The molecule has 0 spiro atoms. The number of hydrogen-bond acceptors (Lipinski definition) is 5. The Morgan fingerprint density at radius 2 is 1.83 bits per heavy atom. The summed E-state index contributed by atoms with van der Waals surface area (Å²) in [5, 5.41) is 2.34. The van der Waals surface area contributed by atoms with Crippen LogP contribution >= 0.6 is 11.6 Å². The van der Waals surface area contributed by atoms with E-state index in [-0.39, 0.29) is 34.5 Å². The molecule has 0 radical (unpaired) electrons. The van der Waals surface area contributed by atoms with Crippen molar-refractivity contribution >= 4 is 41.2 Å². The van der Waals surface area contributed by atoms with Gasteiger partial charge in [0, 0.05) is 0 Å². The average Bonchev–Trinajstić information content (AvgIpc) is 2.80. The number of imide groups is 2. The van der Waals surface area contributed by atoms with E-state index in [2.05, 4.69) is 5.32 Å². The number of ether oxygens (including phenoxy) is 2. The summed E-state index contributed by atoms with van der Waals surface area (Å²) in [6.45, 7) is 1.87. The van der Waals surface area contributed by atoms with Crippen LogP contribution in [-0.2, 0) is 16.2 Å². The number of nitrogens with one attached hydrogen (secondary N) is 1. The van der Waals surface area contributed by atoms with Crippen molar-refractivity contribution in [2.45, 2.75) is 13.5 Å². The largest absolute Gasteiger partial charge is 0.493 e. The van der Waals surface area contributed by atoms with Gasteiger partial charge in [0.15, 0.2) is 11.5 Å². The van der Waals surface area contributed by atoms with E-state index in [1.54, 1.807) is 30.3 Å². The van der Waals surface area contributed by atoms with E-state index in [1.807, 2.05) is 13.0 Å². The Kier molecular flexibility index (Phi) is 6.84. The molecule has 1 heterocycles. The monoisotopic (exact) mass is 494 g/mol. The van der Waals surface area contributed by atoms with Gasteiger partial charge in [-0.1, -0.05) is 35.9 Å². The third-order valence-corrected chi connectivity index (χ3v) is 5.48. The van der Waals surface area contributed by atoms with Crippen LogP contribution in [0.2, 0.25) is 5.02 Å². The maximum Gasteiger partial charge on any atom is 0.335 e. The number of hydrogen-bond donors (Lipinski definition) is 1. The molecule has 178 valence electrons. The van der Waals surface area contributed by atoms with Gasteiger partial charge in [-0.15, -0.1) is 0 Å². The molecule has 3 aromatic carbocycles. The highest BCUT2D eigenvalue weighted by molar-refractivity contribution is 6.39. The molecular weight excluding hydrogens is 475 g/mol. The molecule has 0 aromatic heterocycles. The minimum atomic E-state index is -0.834. The van der Waals surface area contributed by atoms with Crippen molar-refractivity contribution in [3.05, 3.63) is 93.8 Å². The molecule has 0 saturated carbocycles. The first kappa shape index (κ1) is 24.0. The second-order valence-electron chi connectivity index (χ2n) is 7.75. The zero-order valence-corrected chi connectivity index (χ0v) is 19.6. The van der Waals surface area contributed by atoms with Crippen molar-refractivity contribution in [3.8, 4) is 11.5 Å². The predicted molar refractivity (Wildman–Crippen MR) is 129 cm³/mol. The molecule has 7 nitrogen and oxygen atoms in total. The quantitative estimate of drug-likeness (QED) is 0.383. The van der Waals surface area contributed by atoms with Crippen LogP contribution in [0.3, 0.4) is 0 Å². The van der Waals surface area contributed by atoms with Crippen LogP contribution in [0.25, 0.3) is 6.08 Å². The first-order chi connectivity index (χ1) is 16.8. The molecule has 1 saturated heterocycles. The van der Waals surface area contributed by atoms with Gasteiger partial charge in [0.05, 0.1) is 17.8 Å². The number of barbiturate groups is 1. The highest BCUT2D eigenvalue weighted by Crippen LogP contribution is 2.38. The number of anilines is 1. The number of benzene rings is 3. The topological polar surface area (TPSA) is 84.9 Å². The number of carbonyl (C=O) groups excluding carboxylic acids is 3. The maximum absolute atomic E-state index is 13.4. The SMILES string of the molecule is COc1cc(/C=C2\C(=O)NC(=O)N(c3cccc(C)c3)C2=O)cc(Cl)c1OCc1cccc(F)c1. The highest BCUT2D eigenvalue weighted by Gasteiger charge is 2.36. The minimum absolute atomic E-state index is 0.0444. The molecular formula is C26H20ClFN2O5. The van der Waals surface area contributed by atoms with E-state index in [0.29, 0.717) is 16.8 Å². The second-order valence-corrected chi connectivity index (χ2v) is 8.16. The molecule has 1 fully saturated rings. The van der Waals surface area contributed by atoms with E-state index in [9.17, 15) is 18.8 Å². The van der Waals surface area contributed by atoms with Crippen LogP contribution in [0.4, 0.5) is 14.9 Å². The third-order valence-electron chi connectivity index (χ3n) is 5.20. The van der Waals surface area contributed by atoms with E-state index < -0.39 is 17.8 Å². The lowest BCUT2D eigenvalue weighted by atomic mass is 10.1. The van der Waals surface area contributed by atoms with Gasteiger partial charge in [-0.25, -0.2) is 14.1 Å². The molecule has 1 aliphatic rings. The van der Waals surface area contributed by atoms with Gasteiger partial charge >= 0.3 is 6.03 Å². The Labute approximate surface area is 205 Å². The zero-order valence-electron chi connectivity index (χ0n) is 18.8. The summed E-state index contributed by atoms with van der Waals surface area (Å²) in [7, 11) is 1.41. The lowest BCUT2D eigenvalue weighted by molar-refractivity contribution is -0.122. The summed E-state index contributed by atoms with van der Waals surface area (Å²) in [6.07, 6.45) is 1.32. The van der Waals surface area contributed by atoms with Gasteiger partial charge in [-0.2, -0.15) is 0 Å². The number of aryl methyl sites for hydroxylation is 1. The summed E-state index contributed by atoms with van der Waals surface area (Å²) in [4.78, 5) is 38.9. The van der Waals surface area contributed by atoms with E-state index in [1.165, 1.54) is 37.5 Å². The van der Waals surface area contributed by atoms with Gasteiger partial charge in [0.25, 0.3) is 11.8 Å². The molecule has 0 aliphatic carbocycles. The molecule has 1 N–H and O–H groups in total. The fraction of sp³-hybridized carbons (Fsp3) is 0.115. The summed E-state index contributed by atoms with van der Waals surface area (Å²) in [5.74, 6) is -1.52. The first-order valence-electron chi connectivity index (χ1n) is 10.5. The normalized spacial score (nSPS) is 14.8. The lowest BCUT2D eigenvalue weighted by Crippen LogP contribution is -2.54. The second kappa shape index (κ2) is 9.99. The Hall–Kier alpha value is -4.17. The van der Waals surface area contributed by atoms with Crippen molar-refractivity contribution in [2.24, 2.45) is 0 Å². The van der Waals surface area contributed by atoms with Crippen LogP contribution in [0.5, 0.6) is 11.5 Å². The Balaban J connectivity index is 1.64. The zero-order chi connectivity index (χ0) is 25.1. The number of methoxy groups -OCH3 is 1. The molecule has 3 aromatic rings. The van der Waals surface area contributed by atoms with Gasteiger partial charge < -0.3 is 9.47 Å². The van der Waals surface area contributed by atoms with E-state index >= 15 is 0 Å². The minimum Gasteiger partial charge on any atom is -0.493 e. The summed E-state index contributed by atoms with van der Waals surface area (Å²) in [6, 6.07) is 14.9. The number of nitrogens with zero attached hydrogens (tertiary/aromatic N) is 1. The highest BCUT2D eigenvalue weighted by atomic mass is 35.5. The molecule has 0 atom stereocenters. The van der Waals surface area contributed by atoms with E-state index in [4.69, 9.17) is 21.1 Å². The van der Waals surface area contributed by atoms with Crippen molar-refractivity contribution in [1.82, 2.24) is 5.32 Å². The number of urea groups is 1. The number of amides is 4. The van der Waals surface area contributed by atoms with Crippen molar-refractivity contribution < 1.29 is 28.2 Å². The Bertz CT molecular complexity index is 1370. The maximum atomic E-state index is 13.4. The number of rotatable bonds is 6. The van der Waals surface area contributed by atoms with Crippen LogP contribution < -0.4 is 19.7 Å². The summed E-state index contributed by atoms with van der Waals surface area (Å²) < 4.78 is 24.6. The van der Waals surface area contributed by atoms with Crippen molar-refractivity contribution in [1.29, 1.82) is 0 Å². The average molecular weight is 495 g/mol. The molecule has 4 rings (SSSR count). The summed E-state index contributed by atoms with van der Waals surface area (Å²) >= 11 is 6.41. The van der Waals surface area contributed by atoms with Gasteiger partial charge in [-0.05, 0) is 66.1 Å². The standard InChI is InChI=1S/C26H20ClFN2O5/c1-15-5-3-8-19(9-15)30-25(32)20(24(31)29-26(30)33)11-17-12-21(27)23(22(13-17)34-2)35-14-16-6-4-7-18(28)10-16/h3-13H,14H2,1-2H3,(H,29,31,33)/b20-11+. The van der Waals surface area contributed by atoms with Gasteiger partial charge in [-0.3, -0.25) is 14.9 Å². The fourth-order valence-corrected chi connectivity index (χ4v) is 3.84. The van der Waals surface area contributed by atoms with Crippen LogP contribution in [0.15, 0.2) is 66.2 Å². The first-order valence-corrected chi connectivity index (χ1v) is 10.9.